The topological polar surface area (TPSA) is 44.7 Å². The molecule has 78 valence electrons. The number of hydrogen-bond donors (Lipinski definition) is 1. The summed E-state index contributed by atoms with van der Waals surface area (Å²) in [4.78, 5) is 12.7. The molecule has 15 heavy (non-hydrogen) atoms. The van der Waals surface area contributed by atoms with Gasteiger partial charge in [0.15, 0.2) is 0 Å². The molecule has 1 aromatic rings. The lowest BCUT2D eigenvalue weighted by atomic mass is 10.1. The van der Waals surface area contributed by atoms with Crippen molar-refractivity contribution in [2.24, 2.45) is 5.10 Å². The lowest BCUT2D eigenvalue weighted by molar-refractivity contribution is 0.212. The summed E-state index contributed by atoms with van der Waals surface area (Å²) < 4.78 is 0. The van der Waals surface area contributed by atoms with Crippen LogP contribution in [0.4, 0.5) is 4.79 Å². The van der Waals surface area contributed by atoms with Gasteiger partial charge in [-0.3, -0.25) is 0 Å². The van der Waals surface area contributed by atoms with E-state index in [9.17, 15) is 4.79 Å². The molecule has 1 aliphatic heterocycles. The van der Waals surface area contributed by atoms with Gasteiger partial charge in [0.1, 0.15) is 0 Å². The molecule has 0 saturated heterocycles. The van der Waals surface area contributed by atoms with Crippen LogP contribution in [0.5, 0.6) is 0 Å². The minimum absolute atomic E-state index is 0.187. The van der Waals surface area contributed by atoms with E-state index in [4.69, 9.17) is 11.6 Å². The van der Waals surface area contributed by atoms with E-state index in [0.29, 0.717) is 11.6 Å². The van der Waals surface area contributed by atoms with E-state index in [-0.39, 0.29) is 6.03 Å². The van der Waals surface area contributed by atoms with Crippen LogP contribution in [0.3, 0.4) is 0 Å². The lowest BCUT2D eigenvalue weighted by Crippen LogP contribution is -2.43. The normalized spacial score (nSPS) is 16.0. The maximum atomic E-state index is 11.1. The second-order valence-electron chi connectivity index (χ2n) is 3.34. The minimum atomic E-state index is -0.187. The van der Waals surface area contributed by atoms with E-state index in [1.54, 1.807) is 24.1 Å². The molecule has 1 N–H and O–H groups in total. The Morgan fingerprint density at radius 3 is 2.67 bits per heavy atom. The van der Waals surface area contributed by atoms with Crippen molar-refractivity contribution in [3.63, 3.8) is 0 Å². The smallest absolute Gasteiger partial charge is 0.320 e. The van der Waals surface area contributed by atoms with Crippen molar-refractivity contribution in [3.05, 3.63) is 34.9 Å². The summed E-state index contributed by atoms with van der Waals surface area (Å²) in [7, 11) is 1.72. The van der Waals surface area contributed by atoms with Gasteiger partial charge in [0, 0.05) is 12.1 Å². The summed E-state index contributed by atoms with van der Waals surface area (Å²) in [6.45, 7) is 0.507. The summed E-state index contributed by atoms with van der Waals surface area (Å²) >= 11 is 5.78. The second-order valence-corrected chi connectivity index (χ2v) is 3.77. The van der Waals surface area contributed by atoms with E-state index >= 15 is 0 Å². The van der Waals surface area contributed by atoms with Crippen LogP contribution in [0.2, 0.25) is 5.02 Å². The van der Waals surface area contributed by atoms with Gasteiger partial charge in [-0.25, -0.2) is 10.2 Å². The molecule has 1 aliphatic rings. The SMILES string of the molecule is CN1CC(c2ccc(Cl)cc2)=NNC1=O. The molecule has 0 saturated carbocycles. The fourth-order valence-electron chi connectivity index (χ4n) is 1.33. The molecule has 0 radical (unpaired) electrons. The van der Waals surface area contributed by atoms with Crippen molar-refractivity contribution in [1.29, 1.82) is 0 Å². The van der Waals surface area contributed by atoms with E-state index in [1.165, 1.54) is 0 Å². The van der Waals surface area contributed by atoms with E-state index in [2.05, 4.69) is 10.5 Å². The molecule has 2 amide bonds. The third-order valence-electron chi connectivity index (χ3n) is 2.20. The lowest BCUT2D eigenvalue weighted by Gasteiger charge is -2.22. The van der Waals surface area contributed by atoms with Crippen molar-refractivity contribution in [2.45, 2.75) is 0 Å². The summed E-state index contributed by atoms with van der Waals surface area (Å²) in [6, 6.07) is 7.18. The molecule has 5 heteroatoms. The number of benzene rings is 1. The minimum Gasteiger partial charge on any atom is -0.320 e. The fourth-order valence-corrected chi connectivity index (χ4v) is 1.46. The highest BCUT2D eigenvalue weighted by Gasteiger charge is 2.17. The van der Waals surface area contributed by atoms with Crippen LogP contribution in [0, 0.1) is 0 Å². The van der Waals surface area contributed by atoms with E-state index in [1.807, 2.05) is 12.1 Å². The molecule has 4 nitrogen and oxygen atoms in total. The molecule has 0 aliphatic carbocycles. The van der Waals surface area contributed by atoms with Crippen LogP contribution >= 0.6 is 11.6 Å². The number of nitrogens with one attached hydrogen (secondary N) is 1. The van der Waals surface area contributed by atoms with Gasteiger partial charge in [0.25, 0.3) is 0 Å². The fraction of sp³-hybridized carbons (Fsp3) is 0.200. The molecule has 0 atom stereocenters. The third kappa shape index (κ3) is 2.10. The summed E-state index contributed by atoms with van der Waals surface area (Å²) in [5, 5.41) is 4.68. The number of nitrogens with zero attached hydrogens (tertiary/aromatic N) is 2. The number of carbonyl (C=O) groups excluding carboxylic acids is 1. The van der Waals surface area contributed by atoms with Crippen LogP contribution < -0.4 is 5.43 Å². The number of likely N-dealkylation sites (N-methyl/N-ethyl adjacent to an activating group) is 1. The van der Waals surface area contributed by atoms with Gasteiger partial charge in [-0.15, -0.1) is 0 Å². The molecule has 0 unspecified atom stereocenters. The molecule has 0 bridgehead atoms. The zero-order valence-corrected chi connectivity index (χ0v) is 8.95. The number of rotatable bonds is 1. The maximum Gasteiger partial charge on any atom is 0.337 e. The highest BCUT2D eigenvalue weighted by atomic mass is 35.5. The predicted molar refractivity (Wildman–Crippen MR) is 59.2 cm³/mol. The summed E-state index contributed by atoms with van der Waals surface area (Å²) in [5.74, 6) is 0. The van der Waals surface area contributed by atoms with Crippen molar-refractivity contribution in [2.75, 3.05) is 13.6 Å². The molecule has 1 heterocycles. The van der Waals surface area contributed by atoms with Crippen molar-refractivity contribution in [3.8, 4) is 0 Å². The molecule has 1 aromatic carbocycles. The molecular weight excluding hydrogens is 214 g/mol. The Balaban J connectivity index is 2.25. The maximum absolute atomic E-state index is 11.1. The number of amides is 2. The van der Waals surface area contributed by atoms with Crippen molar-refractivity contribution < 1.29 is 4.79 Å². The van der Waals surface area contributed by atoms with Crippen molar-refractivity contribution in [1.82, 2.24) is 10.3 Å². The predicted octanol–water partition coefficient (Wildman–Crippen LogP) is 1.70. The Morgan fingerprint density at radius 1 is 1.40 bits per heavy atom. The van der Waals surface area contributed by atoms with Crippen molar-refractivity contribution >= 4 is 23.3 Å². The van der Waals surface area contributed by atoms with E-state index < -0.39 is 0 Å². The number of halogens is 1. The Kier molecular flexibility index (Phi) is 2.60. The summed E-state index contributed by atoms with van der Waals surface area (Å²) in [5.41, 5.74) is 4.23. The van der Waals surface area contributed by atoms with Crippen LogP contribution in [-0.2, 0) is 0 Å². The molecule has 2 rings (SSSR count). The average molecular weight is 224 g/mol. The summed E-state index contributed by atoms with van der Waals surface area (Å²) in [6.07, 6.45) is 0. The van der Waals surface area contributed by atoms with Crippen LogP contribution in [0.15, 0.2) is 29.4 Å². The molecule has 0 aromatic heterocycles. The molecule has 0 fully saturated rings. The highest BCUT2D eigenvalue weighted by Crippen LogP contribution is 2.11. The first-order chi connectivity index (χ1) is 7.16. The molecular formula is C10H10ClN3O. The largest absolute Gasteiger partial charge is 0.337 e. The van der Waals surface area contributed by atoms with Crippen LogP contribution in [0.1, 0.15) is 5.56 Å². The number of hydrazone groups is 1. The number of hydrogen-bond acceptors (Lipinski definition) is 2. The van der Waals surface area contributed by atoms with Gasteiger partial charge in [-0.2, -0.15) is 5.10 Å². The Labute approximate surface area is 92.5 Å². The second kappa shape index (κ2) is 3.90. The number of carbonyl (C=O) groups is 1. The first-order valence-corrected chi connectivity index (χ1v) is 4.88. The van der Waals surface area contributed by atoms with Crippen LogP contribution in [0.25, 0.3) is 0 Å². The van der Waals surface area contributed by atoms with Gasteiger partial charge in [-0.05, 0) is 17.7 Å². The van der Waals surface area contributed by atoms with Gasteiger partial charge < -0.3 is 4.90 Å². The zero-order valence-electron chi connectivity index (χ0n) is 8.20. The highest BCUT2D eigenvalue weighted by molar-refractivity contribution is 6.30. The van der Waals surface area contributed by atoms with Gasteiger partial charge in [0.05, 0.1) is 12.3 Å². The monoisotopic (exact) mass is 223 g/mol. The van der Waals surface area contributed by atoms with Crippen LogP contribution in [-0.4, -0.2) is 30.2 Å². The van der Waals surface area contributed by atoms with E-state index in [0.717, 1.165) is 11.3 Å². The van der Waals surface area contributed by atoms with Gasteiger partial charge in [-0.1, -0.05) is 23.7 Å². The Hall–Kier alpha value is -1.55. The standard InChI is InChI=1S/C10H10ClN3O/c1-14-6-9(12-13-10(14)15)7-2-4-8(11)5-3-7/h2-5H,6H2,1H3,(H,13,15). The Morgan fingerprint density at radius 2 is 2.07 bits per heavy atom. The number of urea groups is 1. The molecule has 0 spiro atoms. The van der Waals surface area contributed by atoms with Gasteiger partial charge in [0.2, 0.25) is 0 Å². The van der Waals surface area contributed by atoms with Gasteiger partial charge >= 0.3 is 6.03 Å². The zero-order chi connectivity index (χ0) is 10.8. The average Bonchev–Trinajstić information content (AvgIpc) is 2.23. The first kappa shape index (κ1) is 9.98. The Bertz CT molecular complexity index is 413. The quantitative estimate of drug-likeness (QED) is 0.774. The third-order valence-corrected chi connectivity index (χ3v) is 2.45. The first-order valence-electron chi connectivity index (χ1n) is 4.50.